The van der Waals surface area contributed by atoms with Crippen LogP contribution in [0.4, 0.5) is 0 Å². The quantitative estimate of drug-likeness (QED) is 0.387. The van der Waals surface area contributed by atoms with Gasteiger partial charge in [-0.15, -0.1) is 6.58 Å². The fourth-order valence-corrected chi connectivity index (χ4v) is 1.94. The normalized spacial score (nSPS) is 10.4. The van der Waals surface area contributed by atoms with Crippen LogP contribution in [0.3, 0.4) is 0 Å². The van der Waals surface area contributed by atoms with Crippen molar-refractivity contribution < 1.29 is 9.90 Å². The van der Waals surface area contributed by atoms with Gasteiger partial charge in [0.25, 0.3) is 0 Å². The molecule has 0 unspecified atom stereocenters. The van der Waals surface area contributed by atoms with E-state index in [1.165, 1.54) is 56.9 Å². The van der Waals surface area contributed by atoms with Crippen molar-refractivity contribution in [3.05, 3.63) is 12.2 Å². The van der Waals surface area contributed by atoms with Crippen molar-refractivity contribution in [3.8, 4) is 0 Å². The summed E-state index contributed by atoms with van der Waals surface area (Å²) in [7, 11) is 0. The Morgan fingerprint density at radius 1 is 0.824 bits per heavy atom. The Morgan fingerprint density at radius 3 is 1.53 bits per heavy atom. The zero-order chi connectivity index (χ0) is 12.9. The van der Waals surface area contributed by atoms with Crippen molar-refractivity contribution in [2.24, 2.45) is 0 Å². The molecule has 100 valence electrons. The average Bonchev–Trinajstić information content (AvgIpc) is 2.25. The fourth-order valence-electron chi connectivity index (χ4n) is 1.94. The molecule has 0 amide bonds. The van der Waals surface area contributed by atoms with Crippen LogP contribution in [0.15, 0.2) is 12.2 Å². The summed E-state index contributed by atoms with van der Waals surface area (Å²) in [5, 5.41) is 8.47. The first kappa shape index (κ1) is 16.2. The van der Waals surface area contributed by atoms with Crippen molar-refractivity contribution in [1.82, 2.24) is 0 Å². The van der Waals surface area contributed by atoms with E-state index in [0.29, 0.717) is 6.42 Å². The molecule has 0 aliphatic rings. The second-order valence-corrected chi connectivity index (χ2v) is 5.03. The van der Waals surface area contributed by atoms with Crippen LogP contribution in [0.2, 0.25) is 0 Å². The van der Waals surface area contributed by atoms with E-state index in [1.807, 2.05) is 0 Å². The minimum atomic E-state index is -0.664. The minimum Gasteiger partial charge on any atom is -0.481 e. The maximum Gasteiger partial charge on any atom is 0.303 e. The summed E-state index contributed by atoms with van der Waals surface area (Å²) in [4.78, 5) is 10.3. The third kappa shape index (κ3) is 15.2. The Bertz CT molecular complexity index is 187. The molecule has 0 aromatic rings. The van der Waals surface area contributed by atoms with Crippen LogP contribution in [0.25, 0.3) is 0 Å². The van der Waals surface area contributed by atoms with Crippen molar-refractivity contribution in [1.29, 1.82) is 0 Å². The van der Waals surface area contributed by atoms with Crippen LogP contribution in [0.1, 0.15) is 77.6 Å². The number of aliphatic carboxylic acids is 1. The number of hydrogen-bond acceptors (Lipinski definition) is 1. The summed E-state index contributed by atoms with van der Waals surface area (Å²) in [6.45, 7) is 6.00. The largest absolute Gasteiger partial charge is 0.481 e. The molecule has 0 saturated heterocycles. The molecule has 17 heavy (non-hydrogen) atoms. The summed E-state index contributed by atoms with van der Waals surface area (Å²) in [6.07, 6.45) is 12.5. The molecule has 0 spiro atoms. The van der Waals surface area contributed by atoms with Gasteiger partial charge >= 0.3 is 5.97 Å². The van der Waals surface area contributed by atoms with Gasteiger partial charge in [0.2, 0.25) is 0 Å². The van der Waals surface area contributed by atoms with Crippen LogP contribution < -0.4 is 0 Å². The van der Waals surface area contributed by atoms with Gasteiger partial charge in [0.15, 0.2) is 0 Å². The van der Waals surface area contributed by atoms with Crippen molar-refractivity contribution in [2.45, 2.75) is 77.6 Å². The van der Waals surface area contributed by atoms with E-state index >= 15 is 0 Å². The van der Waals surface area contributed by atoms with Crippen LogP contribution in [-0.2, 0) is 4.79 Å². The zero-order valence-corrected chi connectivity index (χ0v) is 11.3. The van der Waals surface area contributed by atoms with E-state index in [9.17, 15) is 4.79 Å². The molecule has 0 saturated carbocycles. The van der Waals surface area contributed by atoms with Crippen LogP contribution >= 0.6 is 0 Å². The lowest BCUT2D eigenvalue weighted by atomic mass is 10.0. The van der Waals surface area contributed by atoms with E-state index in [0.717, 1.165) is 12.8 Å². The summed E-state index contributed by atoms with van der Waals surface area (Å²) >= 11 is 0. The molecule has 0 atom stereocenters. The molecule has 0 aliphatic carbocycles. The highest BCUT2D eigenvalue weighted by Gasteiger charge is 1.96. The van der Waals surface area contributed by atoms with E-state index in [2.05, 4.69) is 13.5 Å². The Kier molecular flexibility index (Phi) is 11.1. The molecule has 2 nitrogen and oxygen atoms in total. The lowest BCUT2D eigenvalue weighted by molar-refractivity contribution is -0.137. The summed E-state index contributed by atoms with van der Waals surface area (Å²) in [5.41, 5.74) is 1.29. The average molecular weight is 240 g/mol. The molecule has 0 fully saturated rings. The van der Waals surface area contributed by atoms with E-state index in [4.69, 9.17) is 5.11 Å². The third-order valence-electron chi connectivity index (χ3n) is 2.99. The van der Waals surface area contributed by atoms with Gasteiger partial charge in [-0.05, 0) is 26.2 Å². The van der Waals surface area contributed by atoms with Crippen molar-refractivity contribution in [3.63, 3.8) is 0 Å². The number of carbonyl (C=O) groups is 1. The lowest BCUT2D eigenvalue weighted by Crippen LogP contribution is -1.93. The van der Waals surface area contributed by atoms with Gasteiger partial charge in [-0.1, -0.05) is 50.5 Å². The molecule has 0 aliphatic heterocycles. The Balaban J connectivity index is 2.98. The smallest absolute Gasteiger partial charge is 0.303 e. The Morgan fingerprint density at radius 2 is 1.18 bits per heavy atom. The fraction of sp³-hybridized carbons (Fsp3) is 0.800. The van der Waals surface area contributed by atoms with Gasteiger partial charge < -0.3 is 5.11 Å². The second-order valence-electron chi connectivity index (χ2n) is 5.03. The van der Waals surface area contributed by atoms with Crippen molar-refractivity contribution >= 4 is 5.97 Å². The lowest BCUT2D eigenvalue weighted by Gasteiger charge is -2.02. The number of carboxylic acids is 1. The molecule has 2 heteroatoms. The van der Waals surface area contributed by atoms with Crippen LogP contribution in [-0.4, -0.2) is 11.1 Å². The highest BCUT2D eigenvalue weighted by Crippen LogP contribution is 2.12. The number of rotatable bonds is 12. The predicted octanol–water partition coefficient (Wildman–Crippen LogP) is 4.94. The zero-order valence-electron chi connectivity index (χ0n) is 11.3. The number of unbranched alkanes of at least 4 members (excludes halogenated alkanes) is 8. The molecule has 0 aromatic heterocycles. The topological polar surface area (TPSA) is 37.3 Å². The van der Waals surface area contributed by atoms with E-state index in [1.54, 1.807) is 0 Å². The predicted molar refractivity (Wildman–Crippen MR) is 73.2 cm³/mol. The minimum absolute atomic E-state index is 0.334. The molecule has 1 N–H and O–H groups in total. The second kappa shape index (κ2) is 11.7. The highest BCUT2D eigenvalue weighted by atomic mass is 16.4. The standard InChI is InChI=1S/C15H28O2/c1-14(2)12-10-8-6-4-3-5-7-9-11-13-15(16)17/h1,3-13H2,2H3,(H,16,17). The molecule has 0 rings (SSSR count). The monoisotopic (exact) mass is 240 g/mol. The first-order chi connectivity index (χ1) is 8.13. The van der Waals surface area contributed by atoms with Gasteiger partial charge in [-0.2, -0.15) is 0 Å². The SMILES string of the molecule is C=C(C)CCCCCCCCCCCC(=O)O. The number of allylic oxidation sites excluding steroid dienone is 1. The van der Waals surface area contributed by atoms with E-state index in [-0.39, 0.29) is 0 Å². The highest BCUT2D eigenvalue weighted by molar-refractivity contribution is 5.66. The van der Waals surface area contributed by atoms with Gasteiger partial charge in [0.1, 0.15) is 0 Å². The van der Waals surface area contributed by atoms with Gasteiger partial charge in [-0.3, -0.25) is 4.79 Å². The van der Waals surface area contributed by atoms with Gasteiger partial charge in [0, 0.05) is 6.42 Å². The molecular formula is C15H28O2. The number of hydrogen-bond donors (Lipinski definition) is 1. The van der Waals surface area contributed by atoms with Crippen molar-refractivity contribution in [2.75, 3.05) is 0 Å². The molecular weight excluding hydrogens is 212 g/mol. The maximum absolute atomic E-state index is 10.3. The van der Waals surface area contributed by atoms with Crippen LogP contribution in [0.5, 0.6) is 0 Å². The van der Waals surface area contributed by atoms with E-state index < -0.39 is 5.97 Å². The summed E-state index contributed by atoms with van der Waals surface area (Å²) in [6, 6.07) is 0. The molecule has 0 radical (unpaired) electrons. The maximum atomic E-state index is 10.3. The molecule has 0 heterocycles. The molecule has 0 aromatic carbocycles. The first-order valence-electron chi connectivity index (χ1n) is 6.99. The first-order valence-corrected chi connectivity index (χ1v) is 6.99. The Hall–Kier alpha value is -0.790. The third-order valence-corrected chi connectivity index (χ3v) is 2.99. The molecule has 0 bridgehead atoms. The summed E-state index contributed by atoms with van der Waals surface area (Å²) in [5.74, 6) is -0.664. The Labute approximate surface area is 106 Å². The summed E-state index contributed by atoms with van der Waals surface area (Å²) < 4.78 is 0. The van der Waals surface area contributed by atoms with Gasteiger partial charge in [0.05, 0.1) is 0 Å². The van der Waals surface area contributed by atoms with Gasteiger partial charge in [-0.25, -0.2) is 0 Å². The van der Waals surface area contributed by atoms with Crippen LogP contribution in [0, 0.1) is 0 Å². The number of carboxylic acid groups (broad SMARTS) is 1.